The molecule has 0 amide bonds. The first kappa shape index (κ1) is 15.4. The number of aliphatic imine (C=N–C) groups is 1. The van der Waals surface area contributed by atoms with Crippen molar-refractivity contribution in [2.75, 3.05) is 0 Å². The number of hydrogen-bond acceptors (Lipinski definition) is 3. The van der Waals surface area contributed by atoms with Gasteiger partial charge in [-0.2, -0.15) is 0 Å². The van der Waals surface area contributed by atoms with Crippen molar-refractivity contribution in [2.24, 2.45) is 10.7 Å². The minimum absolute atomic E-state index is 0.00933. The SMILES string of the molecule is CC(C)c1cncc(C/N=C/CC(N)c2ccccc2)c1. The molecule has 1 atom stereocenters. The van der Waals surface area contributed by atoms with Crippen molar-refractivity contribution in [3.05, 3.63) is 65.5 Å². The maximum atomic E-state index is 6.13. The quantitative estimate of drug-likeness (QED) is 0.817. The molecule has 1 aromatic heterocycles. The Labute approximate surface area is 126 Å². The van der Waals surface area contributed by atoms with Gasteiger partial charge in [0.05, 0.1) is 6.54 Å². The topological polar surface area (TPSA) is 51.3 Å². The van der Waals surface area contributed by atoms with E-state index in [1.165, 1.54) is 5.56 Å². The van der Waals surface area contributed by atoms with Gasteiger partial charge < -0.3 is 5.73 Å². The van der Waals surface area contributed by atoms with Gasteiger partial charge in [0.15, 0.2) is 0 Å². The van der Waals surface area contributed by atoms with E-state index in [0.29, 0.717) is 12.5 Å². The zero-order valence-corrected chi connectivity index (χ0v) is 12.7. The van der Waals surface area contributed by atoms with Crippen LogP contribution in [0.3, 0.4) is 0 Å². The van der Waals surface area contributed by atoms with Crippen LogP contribution in [-0.2, 0) is 6.54 Å². The van der Waals surface area contributed by atoms with Gasteiger partial charge in [-0.15, -0.1) is 0 Å². The largest absolute Gasteiger partial charge is 0.324 e. The Kier molecular flexibility index (Phi) is 5.64. The highest BCUT2D eigenvalue weighted by Crippen LogP contribution is 2.15. The molecule has 110 valence electrons. The molecule has 0 aliphatic heterocycles. The Hall–Kier alpha value is -2.00. The molecule has 3 nitrogen and oxygen atoms in total. The smallest absolute Gasteiger partial charge is 0.0650 e. The first-order valence-electron chi connectivity index (χ1n) is 7.39. The van der Waals surface area contributed by atoms with Crippen molar-refractivity contribution in [1.82, 2.24) is 4.98 Å². The van der Waals surface area contributed by atoms with Gasteiger partial charge in [-0.1, -0.05) is 50.2 Å². The highest BCUT2D eigenvalue weighted by Gasteiger charge is 2.03. The Balaban J connectivity index is 1.87. The molecular formula is C18H23N3. The van der Waals surface area contributed by atoms with E-state index in [9.17, 15) is 0 Å². The molecule has 2 rings (SSSR count). The fraction of sp³-hybridized carbons (Fsp3) is 0.333. The lowest BCUT2D eigenvalue weighted by Gasteiger charge is -2.08. The van der Waals surface area contributed by atoms with Gasteiger partial charge in [0.25, 0.3) is 0 Å². The fourth-order valence-corrected chi connectivity index (χ4v) is 2.10. The fourth-order valence-electron chi connectivity index (χ4n) is 2.10. The minimum atomic E-state index is 0.00933. The van der Waals surface area contributed by atoms with Gasteiger partial charge in [0.2, 0.25) is 0 Å². The first-order chi connectivity index (χ1) is 10.2. The summed E-state index contributed by atoms with van der Waals surface area (Å²) < 4.78 is 0. The van der Waals surface area contributed by atoms with Gasteiger partial charge in [-0.05, 0) is 22.6 Å². The van der Waals surface area contributed by atoms with Crippen LogP contribution in [0.25, 0.3) is 0 Å². The van der Waals surface area contributed by atoms with Crippen molar-refractivity contribution in [1.29, 1.82) is 0 Å². The van der Waals surface area contributed by atoms with E-state index >= 15 is 0 Å². The molecule has 0 spiro atoms. The molecule has 0 bridgehead atoms. The summed E-state index contributed by atoms with van der Waals surface area (Å²) in [6, 6.07) is 12.3. The molecule has 21 heavy (non-hydrogen) atoms. The number of pyridine rings is 1. The van der Waals surface area contributed by atoms with Gasteiger partial charge in [-0.3, -0.25) is 9.98 Å². The Bertz CT molecular complexity index is 576. The molecule has 0 radical (unpaired) electrons. The van der Waals surface area contributed by atoms with Crippen LogP contribution < -0.4 is 5.73 Å². The van der Waals surface area contributed by atoms with Crippen LogP contribution in [-0.4, -0.2) is 11.2 Å². The number of nitrogens with zero attached hydrogens (tertiary/aromatic N) is 2. The molecule has 0 saturated heterocycles. The van der Waals surface area contributed by atoms with Gasteiger partial charge in [0.1, 0.15) is 0 Å². The second-order valence-electron chi connectivity index (χ2n) is 5.56. The molecule has 0 aliphatic rings. The molecule has 1 unspecified atom stereocenters. The minimum Gasteiger partial charge on any atom is -0.324 e. The van der Waals surface area contributed by atoms with E-state index in [-0.39, 0.29) is 6.04 Å². The Morgan fingerprint density at radius 2 is 1.90 bits per heavy atom. The monoisotopic (exact) mass is 281 g/mol. The summed E-state index contributed by atoms with van der Waals surface area (Å²) in [5.41, 5.74) is 9.68. The van der Waals surface area contributed by atoms with Gasteiger partial charge >= 0.3 is 0 Å². The third-order valence-corrected chi connectivity index (χ3v) is 3.47. The second kappa shape index (κ2) is 7.70. The van der Waals surface area contributed by atoms with Gasteiger partial charge in [-0.25, -0.2) is 0 Å². The molecule has 1 heterocycles. The van der Waals surface area contributed by atoms with E-state index in [1.54, 1.807) is 0 Å². The van der Waals surface area contributed by atoms with Crippen LogP contribution in [0.5, 0.6) is 0 Å². The predicted octanol–water partition coefficient (Wildman–Crippen LogP) is 3.87. The molecule has 0 saturated carbocycles. The molecule has 1 aromatic carbocycles. The van der Waals surface area contributed by atoms with Crippen LogP contribution >= 0.6 is 0 Å². The summed E-state index contributed by atoms with van der Waals surface area (Å²) >= 11 is 0. The Morgan fingerprint density at radius 3 is 2.62 bits per heavy atom. The average Bonchev–Trinajstić information content (AvgIpc) is 2.52. The molecule has 2 N–H and O–H groups in total. The molecular weight excluding hydrogens is 258 g/mol. The van der Waals surface area contributed by atoms with Crippen LogP contribution in [0.15, 0.2) is 53.8 Å². The normalized spacial score (nSPS) is 13.0. The molecule has 3 heteroatoms. The van der Waals surface area contributed by atoms with E-state index in [4.69, 9.17) is 5.73 Å². The molecule has 0 fully saturated rings. The number of hydrogen-bond donors (Lipinski definition) is 1. The summed E-state index contributed by atoms with van der Waals surface area (Å²) in [5, 5.41) is 0. The lowest BCUT2D eigenvalue weighted by atomic mass is 10.0. The van der Waals surface area contributed by atoms with Crippen LogP contribution in [0.1, 0.15) is 48.9 Å². The summed E-state index contributed by atoms with van der Waals surface area (Å²) in [7, 11) is 0. The standard InChI is InChI=1S/C18H23N3/c1-14(2)17-10-15(12-21-13-17)11-20-9-8-18(19)16-6-4-3-5-7-16/h3-7,9-10,12-14,18H,8,11,19H2,1-2H3/b20-9+. The van der Waals surface area contributed by atoms with E-state index in [1.807, 2.05) is 36.8 Å². The van der Waals surface area contributed by atoms with Crippen LogP contribution in [0.4, 0.5) is 0 Å². The third-order valence-electron chi connectivity index (χ3n) is 3.47. The second-order valence-corrected chi connectivity index (χ2v) is 5.56. The maximum Gasteiger partial charge on any atom is 0.0650 e. The van der Waals surface area contributed by atoms with E-state index in [2.05, 4.69) is 42.0 Å². The van der Waals surface area contributed by atoms with Gasteiger partial charge in [0, 0.05) is 31.1 Å². The summed E-state index contributed by atoms with van der Waals surface area (Å²) in [6.07, 6.45) is 6.46. The van der Waals surface area contributed by atoms with Crippen molar-refractivity contribution < 1.29 is 0 Å². The molecule has 0 aliphatic carbocycles. The maximum absolute atomic E-state index is 6.13. The predicted molar refractivity (Wildman–Crippen MR) is 88.5 cm³/mol. The zero-order chi connectivity index (χ0) is 15.1. The summed E-state index contributed by atoms with van der Waals surface area (Å²) in [4.78, 5) is 8.73. The number of benzene rings is 1. The zero-order valence-electron chi connectivity index (χ0n) is 12.7. The summed E-state index contributed by atoms with van der Waals surface area (Å²) in [6.45, 7) is 5.00. The Morgan fingerprint density at radius 1 is 1.14 bits per heavy atom. The lowest BCUT2D eigenvalue weighted by molar-refractivity contribution is 0.767. The summed E-state index contributed by atoms with van der Waals surface area (Å²) in [5.74, 6) is 0.493. The average molecular weight is 281 g/mol. The van der Waals surface area contributed by atoms with Crippen molar-refractivity contribution in [3.8, 4) is 0 Å². The highest BCUT2D eigenvalue weighted by molar-refractivity contribution is 5.58. The van der Waals surface area contributed by atoms with Crippen LogP contribution in [0.2, 0.25) is 0 Å². The highest BCUT2D eigenvalue weighted by atomic mass is 14.7. The lowest BCUT2D eigenvalue weighted by Crippen LogP contribution is -2.10. The van der Waals surface area contributed by atoms with Crippen LogP contribution in [0, 0.1) is 0 Å². The van der Waals surface area contributed by atoms with Crippen molar-refractivity contribution in [2.45, 2.75) is 38.8 Å². The third kappa shape index (κ3) is 4.80. The number of aromatic nitrogens is 1. The first-order valence-corrected chi connectivity index (χ1v) is 7.39. The molecule has 2 aromatic rings. The van der Waals surface area contributed by atoms with Crippen molar-refractivity contribution in [3.63, 3.8) is 0 Å². The van der Waals surface area contributed by atoms with E-state index in [0.717, 1.165) is 17.5 Å². The number of rotatable bonds is 6. The van der Waals surface area contributed by atoms with Crippen molar-refractivity contribution >= 4 is 6.21 Å². The van der Waals surface area contributed by atoms with E-state index < -0.39 is 0 Å². The number of nitrogens with two attached hydrogens (primary N) is 1.